The van der Waals surface area contributed by atoms with Gasteiger partial charge in [-0.2, -0.15) is 4.98 Å². The quantitative estimate of drug-likeness (QED) is 0.350. The minimum absolute atomic E-state index is 0.214. The maximum absolute atomic E-state index is 5.63. The molecule has 3 aromatic carbocycles. The van der Waals surface area contributed by atoms with E-state index in [2.05, 4.69) is 60.2 Å². The van der Waals surface area contributed by atoms with Crippen LogP contribution in [0.15, 0.2) is 66.3 Å². The summed E-state index contributed by atoms with van der Waals surface area (Å²) in [5.41, 5.74) is 20.9. The van der Waals surface area contributed by atoms with Crippen molar-refractivity contribution in [3.8, 4) is 0 Å². The molecule has 0 bridgehead atoms. The molecule has 0 saturated carbocycles. The fourth-order valence-electron chi connectivity index (χ4n) is 4.90. The number of nitrogens with two attached hydrogens (primary N) is 2. The molecule has 4 heteroatoms. The molecule has 2 aliphatic rings. The molecule has 0 spiro atoms. The summed E-state index contributed by atoms with van der Waals surface area (Å²) in [7, 11) is 0. The Morgan fingerprint density at radius 3 is 2.47 bits per heavy atom. The van der Waals surface area contributed by atoms with Gasteiger partial charge in [0.25, 0.3) is 0 Å². The number of rotatable bonds is 0. The van der Waals surface area contributed by atoms with Crippen molar-refractivity contribution in [2.24, 2.45) is 0 Å². The Kier molecular flexibility index (Phi) is 5.14. The minimum Gasteiger partial charge on any atom is -0.383 e. The number of fused-ring (bicyclic) bond motifs is 5. The lowest BCUT2D eigenvalue weighted by molar-refractivity contribution is 0.831. The first-order valence-corrected chi connectivity index (χ1v) is 11.2. The summed E-state index contributed by atoms with van der Waals surface area (Å²) in [6.45, 7) is 4.46. The number of allylic oxidation sites excluding steroid dienone is 4. The lowest BCUT2D eigenvalue weighted by Gasteiger charge is -2.26. The van der Waals surface area contributed by atoms with Gasteiger partial charge in [-0.05, 0) is 90.3 Å². The predicted molar refractivity (Wildman–Crippen MR) is 135 cm³/mol. The zero-order valence-corrected chi connectivity index (χ0v) is 18.7. The van der Waals surface area contributed by atoms with Crippen LogP contribution in [0, 0.1) is 13.8 Å². The molecule has 0 amide bonds. The SMILES string of the molecule is Cc1ccc2c3c(ccc2c1C)C1=C(CCC=C1)CC3.Nc1nc(N)c2ccccc2n1. The lowest BCUT2D eigenvalue weighted by atomic mass is 9.79. The summed E-state index contributed by atoms with van der Waals surface area (Å²) in [5.74, 6) is 0.643. The molecule has 32 heavy (non-hydrogen) atoms. The van der Waals surface area contributed by atoms with Crippen LogP contribution in [0.5, 0.6) is 0 Å². The molecule has 160 valence electrons. The molecule has 1 heterocycles. The van der Waals surface area contributed by atoms with Crippen LogP contribution in [0.3, 0.4) is 0 Å². The molecule has 0 atom stereocenters. The number of benzene rings is 3. The van der Waals surface area contributed by atoms with Crippen molar-refractivity contribution < 1.29 is 0 Å². The van der Waals surface area contributed by atoms with Gasteiger partial charge in [-0.1, -0.05) is 54.1 Å². The molecule has 4 aromatic rings. The third-order valence-corrected chi connectivity index (χ3v) is 6.75. The summed E-state index contributed by atoms with van der Waals surface area (Å²) in [6, 6.07) is 16.8. The van der Waals surface area contributed by atoms with E-state index in [4.69, 9.17) is 11.5 Å². The van der Waals surface area contributed by atoms with E-state index in [1.807, 2.05) is 24.3 Å². The molecular formula is C28H28N4. The van der Waals surface area contributed by atoms with Crippen LogP contribution in [0.4, 0.5) is 11.8 Å². The van der Waals surface area contributed by atoms with Gasteiger partial charge >= 0.3 is 0 Å². The fourth-order valence-corrected chi connectivity index (χ4v) is 4.90. The van der Waals surface area contributed by atoms with Crippen LogP contribution in [0.25, 0.3) is 27.2 Å². The highest BCUT2D eigenvalue weighted by Crippen LogP contribution is 2.40. The van der Waals surface area contributed by atoms with Crippen molar-refractivity contribution in [2.75, 3.05) is 11.5 Å². The number of para-hydroxylation sites is 1. The first-order chi connectivity index (χ1) is 15.5. The van der Waals surface area contributed by atoms with Gasteiger partial charge in [0.1, 0.15) is 5.82 Å². The van der Waals surface area contributed by atoms with Crippen LogP contribution in [-0.2, 0) is 6.42 Å². The average Bonchev–Trinajstić information content (AvgIpc) is 2.81. The Hall–Kier alpha value is -3.66. The molecule has 0 aliphatic heterocycles. The van der Waals surface area contributed by atoms with E-state index < -0.39 is 0 Å². The standard InChI is InChI=1S/C20H20.C8H8N4/c1-13-7-9-18-16(14(13)2)11-12-19-17-6-4-3-5-15(17)8-10-20(18)19;9-7-5-3-1-2-4-6(5)11-8(10)12-7/h4,6-7,9,11-12H,3,5,8,10H2,1-2H3;1-4H,(H4,9,10,11,12). The van der Waals surface area contributed by atoms with Crippen molar-refractivity contribution >= 4 is 39.0 Å². The van der Waals surface area contributed by atoms with E-state index in [1.165, 1.54) is 58.7 Å². The van der Waals surface area contributed by atoms with Crippen LogP contribution < -0.4 is 11.5 Å². The van der Waals surface area contributed by atoms with Crippen LogP contribution in [0.2, 0.25) is 0 Å². The molecule has 0 unspecified atom stereocenters. The van der Waals surface area contributed by atoms with Crippen molar-refractivity contribution in [3.05, 3.63) is 88.5 Å². The Morgan fingerprint density at radius 1 is 0.781 bits per heavy atom. The summed E-state index contributed by atoms with van der Waals surface area (Å²) >= 11 is 0. The van der Waals surface area contributed by atoms with Gasteiger partial charge in [-0.25, -0.2) is 4.98 Å². The highest BCUT2D eigenvalue weighted by molar-refractivity contribution is 5.96. The minimum atomic E-state index is 0.214. The van der Waals surface area contributed by atoms with Crippen molar-refractivity contribution in [2.45, 2.75) is 39.5 Å². The fraction of sp³-hybridized carbons (Fsp3) is 0.214. The number of aryl methyl sites for hydroxylation is 3. The average molecular weight is 421 g/mol. The first kappa shape index (κ1) is 20.3. The van der Waals surface area contributed by atoms with Gasteiger partial charge in [-0.15, -0.1) is 0 Å². The number of hydrogen-bond donors (Lipinski definition) is 2. The summed E-state index contributed by atoms with van der Waals surface area (Å²) < 4.78 is 0. The van der Waals surface area contributed by atoms with Crippen molar-refractivity contribution in [3.63, 3.8) is 0 Å². The second-order valence-electron chi connectivity index (χ2n) is 8.64. The maximum Gasteiger partial charge on any atom is 0.222 e. The largest absolute Gasteiger partial charge is 0.383 e. The highest BCUT2D eigenvalue weighted by Gasteiger charge is 2.20. The second-order valence-corrected chi connectivity index (χ2v) is 8.64. The summed E-state index contributed by atoms with van der Waals surface area (Å²) in [4.78, 5) is 7.87. The molecule has 0 saturated heterocycles. The van der Waals surface area contributed by atoms with Gasteiger partial charge in [-0.3, -0.25) is 0 Å². The molecule has 0 fully saturated rings. The molecule has 4 N–H and O–H groups in total. The number of aromatic nitrogens is 2. The molecule has 1 aromatic heterocycles. The predicted octanol–water partition coefficient (Wildman–Crippen LogP) is 6.30. The monoisotopic (exact) mass is 420 g/mol. The van der Waals surface area contributed by atoms with E-state index in [9.17, 15) is 0 Å². The van der Waals surface area contributed by atoms with E-state index in [1.54, 1.807) is 11.1 Å². The second kappa shape index (κ2) is 8.12. The number of nitrogen functional groups attached to an aromatic ring is 2. The van der Waals surface area contributed by atoms with Crippen molar-refractivity contribution in [1.82, 2.24) is 9.97 Å². The van der Waals surface area contributed by atoms with Crippen LogP contribution in [-0.4, -0.2) is 9.97 Å². The topological polar surface area (TPSA) is 77.8 Å². The lowest BCUT2D eigenvalue weighted by Crippen LogP contribution is -2.07. The summed E-state index contributed by atoms with van der Waals surface area (Å²) in [6.07, 6.45) is 9.62. The molecule has 2 aliphatic carbocycles. The van der Waals surface area contributed by atoms with Gasteiger partial charge in [0, 0.05) is 5.39 Å². The Balaban J connectivity index is 0.000000154. The molecule has 6 rings (SSSR count). The van der Waals surface area contributed by atoms with E-state index in [0.717, 1.165) is 10.9 Å². The van der Waals surface area contributed by atoms with E-state index in [0.29, 0.717) is 5.82 Å². The summed E-state index contributed by atoms with van der Waals surface area (Å²) in [5, 5.41) is 3.75. The number of anilines is 2. The number of hydrogen-bond acceptors (Lipinski definition) is 4. The molecule has 4 nitrogen and oxygen atoms in total. The number of nitrogens with zero attached hydrogens (tertiary/aromatic N) is 2. The Bertz CT molecular complexity index is 1410. The highest BCUT2D eigenvalue weighted by atomic mass is 15.0. The third kappa shape index (κ3) is 3.52. The van der Waals surface area contributed by atoms with E-state index in [-0.39, 0.29) is 5.95 Å². The van der Waals surface area contributed by atoms with Crippen LogP contribution >= 0.6 is 0 Å². The normalized spacial score (nSPS) is 14.7. The Morgan fingerprint density at radius 2 is 1.59 bits per heavy atom. The van der Waals surface area contributed by atoms with Gasteiger partial charge in [0.05, 0.1) is 5.52 Å². The third-order valence-electron chi connectivity index (χ3n) is 6.75. The maximum atomic E-state index is 5.63. The smallest absolute Gasteiger partial charge is 0.222 e. The van der Waals surface area contributed by atoms with Crippen molar-refractivity contribution in [1.29, 1.82) is 0 Å². The zero-order valence-electron chi connectivity index (χ0n) is 18.7. The van der Waals surface area contributed by atoms with Crippen LogP contribution in [0.1, 0.15) is 41.5 Å². The first-order valence-electron chi connectivity index (χ1n) is 11.2. The van der Waals surface area contributed by atoms with E-state index >= 15 is 0 Å². The molecular weight excluding hydrogens is 392 g/mol. The Labute approximate surface area is 188 Å². The van der Waals surface area contributed by atoms with Gasteiger partial charge < -0.3 is 11.5 Å². The van der Waals surface area contributed by atoms with Gasteiger partial charge in [0.2, 0.25) is 5.95 Å². The zero-order chi connectivity index (χ0) is 22.2. The molecule has 0 radical (unpaired) electrons. The van der Waals surface area contributed by atoms with Gasteiger partial charge in [0.15, 0.2) is 0 Å².